The predicted octanol–water partition coefficient (Wildman–Crippen LogP) is 5.37. The van der Waals surface area contributed by atoms with Crippen molar-refractivity contribution in [3.8, 4) is 17.0 Å². The van der Waals surface area contributed by atoms with Crippen LogP contribution >= 0.6 is 0 Å². The molecule has 0 bridgehead atoms. The van der Waals surface area contributed by atoms with Crippen LogP contribution < -0.4 is 10.1 Å². The van der Waals surface area contributed by atoms with Gasteiger partial charge in [0.1, 0.15) is 17.0 Å². The molecule has 4 rings (SSSR count). The lowest BCUT2D eigenvalue weighted by Crippen LogP contribution is -2.45. The van der Waals surface area contributed by atoms with Crippen LogP contribution in [0.2, 0.25) is 0 Å². The highest BCUT2D eigenvalue weighted by molar-refractivity contribution is 5.71. The third kappa shape index (κ3) is 5.54. The van der Waals surface area contributed by atoms with E-state index in [1.54, 1.807) is 29.2 Å². The minimum Gasteiger partial charge on any atom is -0.496 e. The van der Waals surface area contributed by atoms with Crippen LogP contribution in [0.1, 0.15) is 39.2 Å². The first-order valence-electron chi connectivity index (χ1n) is 11.5. The first kappa shape index (κ1) is 24.9. The Morgan fingerprint density at radius 1 is 1.19 bits per heavy atom. The van der Waals surface area contributed by atoms with Crippen molar-refractivity contribution in [2.75, 3.05) is 25.5 Å². The highest BCUT2D eigenvalue weighted by atomic mass is 19.1. The second-order valence-electron chi connectivity index (χ2n) is 9.51. The highest BCUT2D eigenvalue weighted by Crippen LogP contribution is 2.41. The molecular weight excluding hydrogens is 465 g/mol. The number of aromatic nitrogens is 4. The summed E-state index contributed by atoms with van der Waals surface area (Å²) in [6.07, 6.45) is 2.73. The van der Waals surface area contributed by atoms with Crippen LogP contribution in [0.25, 0.3) is 16.1 Å². The first-order valence-corrected chi connectivity index (χ1v) is 11.5. The fourth-order valence-electron chi connectivity index (χ4n) is 3.95. The Morgan fingerprint density at radius 3 is 2.56 bits per heavy atom. The number of anilines is 2. The lowest BCUT2D eigenvalue weighted by Gasteiger charge is -2.37. The fraction of sp³-hybridized carbons (Fsp3) is 0.400. The zero-order valence-corrected chi connectivity index (χ0v) is 20.6. The second-order valence-corrected chi connectivity index (χ2v) is 9.51. The predicted molar refractivity (Wildman–Crippen MR) is 132 cm³/mol. The Bertz CT molecular complexity index is 1270. The third-order valence-electron chi connectivity index (χ3n) is 5.80. The van der Waals surface area contributed by atoms with Gasteiger partial charge in [-0.3, -0.25) is 5.10 Å². The van der Waals surface area contributed by atoms with Gasteiger partial charge in [0.25, 0.3) is 5.82 Å². The highest BCUT2D eigenvalue weighted by Gasteiger charge is 2.39. The number of aromatic amines is 1. The Morgan fingerprint density at radius 2 is 1.94 bits per heavy atom. The molecule has 188 valence electrons. The third-order valence-corrected chi connectivity index (χ3v) is 5.80. The van der Waals surface area contributed by atoms with Crippen LogP contribution in [0.3, 0.4) is 0 Å². The number of hydrogen-bond donors (Lipinski definition) is 2. The maximum atomic E-state index is 15.9. The van der Waals surface area contributed by atoms with Crippen LogP contribution in [0, 0.1) is 6.57 Å². The summed E-state index contributed by atoms with van der Waals surface area (Å²) in [5, 5.41) is 10.2. The van der Waals surface area contributed by atoms with Crippen LogP contribution in [0.5, 0.6) is 5.75 Å². The van der Waals surface area contributed by atoms with Crippen molar-refractivity contribution < 1.29 is 18.7 Å². The summed E-state index contributed by atoms with van der Waals surface area (Å²) < 4.78 is 26.9. The number of nitrogens with one attached hydrogen (secondary N) is 2. The number of piperidine rings is 1. The van der Waals surface area contributed by atoms with Crippen LogP contribution in [-0.2, 0) is 10.4 Å². The van der Waals surface area contributed by atoms with Gasteiger partial charge in [0.2, 0.25) is 0 Å². The Balaban J connectivity index is 1.47. The molecule has 0 spiro atoms. The SMILES string of the molecule is [C-]#[N+]c1cnc(Nc2cc(-c3ccc(C4(F)CCN(C(=O)OC(C)(C)C)CC4)cc3OC)[nH]n2)cn1. The average molecular weight is 494 g/mol. The second kappa shape index (κ2) is 9.81. The van der Waals surface area contributed by atoms with Gasteiger partial charge >= 0.3 is 6.09 Å². The van der Waals surface area contributed by atoms with Gasteiger partial charge in [-0.15, -0.1) is 4.98 Å². The summed E-state index contributed by atoms with van der Waals surface area (Å²) in [5.41, 5.74) is -0.296. The van der Waals surface area contributed by atoms with Crippen molar-refractivity contribution in [2.24, 2.45) is 0 Å². The van der Waals surface area contributed by atoms with Gasteiger partial charge < -0.3 is 24.5 Å². The van der Waals surface area contributed by atoms with Gasteiger partial charge in [-0.25, -0.2) is 14.2 Å². The van der Waals surface area contributed by atoms with Gasteiger partial charge in [0.15, 0.2) is 17.8 Å². The van der Waals surface area contributed by atoms with E-state index in [1.165, 1.54) is 19.5 Å². The van der Waals surface area contributed by atoms with E-state index in [0.29, 0.717) is 34.2 Å². The van der Waals surface area contributed by atoms with Crippen LogP contribution in [-0.4, -0.2) is 57.0 Å². The summed E-state index contributed by atoms with van der Waals surface area (Å²) >= 11 is 0. The average Bonchev–Trinajstić information content (AvgIpc) is 3.31. The number of hydrogen-bond acceptors (Lipinski definition) is 7. The molecule has 11 heteroatoms. The minimum absolute atomic E-state index is 0.167. The van der Waals surface area contributed by atoms with Crippen molar-refractivity contribution in [3.05, 3.63) is 53.6 Å². The molecule has 10 nitrogen and oxygen atoms in total. The number of rotatable bonds is 5. The molecule has 3 aromatic rings. The number of benzene rings is 1. The Kier molecular flexibility index (Phi) is 6.79. The van der Waals surface area contributed by atoms with Crippen molar-refractivity contribution in [1.29, 1.82) is 0 Å². The largest absolute Gasteiger partial charge is 0.496 e. The van der Waals surface area contributed by atoms with Crippen molar-refractivity contribution >= 4 is 23.5 Å². The molecule has 2 N–H and O–H groups in total. The quantitative estimate of drug-likeness (QED) is 0.460. The molecule has 0 radical (unpaired) electrons. The van der Waals surface area contributed by atoms with E-state index in [4.69, 9.17) is 16.0 Å². The van der Waals surface area contributed by atoms with E-state index in [0.717, 1.165) is 0 Å². The number of alkyl halides is 1. The van der Waals surface area contributed by atoms with E-state index in [9.17, 15) is 4.79 Å². The molecule has 1 aromatic carbocycles. The summed E-state index contributed by atoms with van der Waals surface area (Å²) in [6, 6.07) is 6.99. The molecular formula is C25H28FN7O3. The monoisotopic (exact) mass is 493 g/mol. The molecule has 1 saturated heterocycles. The Labute approximate surface area is 208 Å². The lowest BCUT2D eigenvalue weighted by molar-refractivity contribution is 0.00216. The number of carbonyl (C=O) groups excluding carboxylic acids is 1. The smallest absolute Gasteiger partial charge is 0.410 e. The van der Waals surface area contributed by atoms with Crippen LogP contribution in [0.4, 0.5) is 26.6 Å². The molecule has 1 amide bonds. The maximum Gasteiger partial charge on any atom is 0.410 e. The summed E-state index contributed by atoms with van der Waals surface area (Å²) in [4.78, 5) is 25.2. The maximum absolute atomic E-state index is 15.9. The molecule has 0 aliphatic carbocycles. The first-order chi connectivity index (χ1) is 17.1. The topological polar surface area (TPSA) is 110 Å². The number of carbonyl (C=O) groups is 1. The number of H-pyrrole nitrogens is 1. The zero-order chi connectivity index (χ0) is 25.9. The summed E-state index contributed by atoms with van der Waals surface area (Å²) in [6.45, 7) is 12.9. The van der Waals surface area contributed by atoms with Gasteiger partial charge in [0, 0.05) is 37.6 Å². The minimum atomic E-state index is -1.58. The van der Waals surface area contributed by atoms with Gasteiger partial charge in [0.05, 0.1) is 19.0 Å². The van der Waals surface area contributed by atoms with E-state index in [1.807, 2.05) is 20.8 Å². The molecule has 1 aliphatic rings. The van der Waals surface area contributed by atoms with Gasteiger partial charge in [-0.05, 0) is 38.5 Å². The van der Waals surface area contributed by atoms with Crippen LogP contribution in [0.15, 0.2) is 36.7 Å². The molecule has 1 fully saturated rings. The summed E-state index contributed by atoms with van der Waals surface area (Å²) in [7, 11) is 1.53. The van der Waals surface area contributed by atoms with Crippen molar-refractivity contribution in [3.63, 3.8) is 0 Å². The lowest BCUT2D eigenvalue weighted by atomic mass is 9.85. The van der Waals surface area contributed by atoms with Gasteiger partial charge in [-0.1, -0.05) is 12.6 Å². The molecule has 2 aromatic heterocycles. The fourth-order valence-corrected chi connectivity index (χ4v) is 3.95. The number of methoxy groups -OCH3 is 1. The summed E-state index contributed by atoms with van der Waals surface area (Å²) in [5.74, 6) is 1.64. The number of nitrogens with zero attached hydrogens (tertiary/aromatic N) is 5. The normalized spacial score (nSPS) is 15.2. The van der Waals surface area contributed by atoms with E-state index < -0.39 is 17.4 Å². The standard InChI is InChI=1S/C25H28FN7O3/c1-24(2,3)36-23(34)33-10-8-25(26,9-11-33)16-6-7-17(19(12-16)35-5)18-13-20(32-31-18)30-22-15-28-21(27-4)14-29-22/h6-7,12-15H,8-11H2,1-3,5H3,(H2,29,30,31,32). The van der Waals surface area contributed by atoms with Crippen molar-refractivity contribution in [1.82, 2.24) is 25.1 Å². The number of amides is 1. The zero-order valence-electron chi connectivity index (χ0n) is 20.6. The molecule has 3 heterocycles. The molecule has 36 heavy (non-hydrogen) atoms. The van der Waals surface area contributed by atoms with E-state index in [-0.39, 0.29) is 31.7 Å². The molecule has 0 unspecified atom stereocenters. The van der Waals surface area contributed by atoms with Gasteiger partial charge in [-0.2, -0.15) is 5.10 Å². The molecule has 0 saturated carbocycles. The number of likely N-dealkylation sites (tertiary alicyclic amines) is 1. The van der Waals surface area contributed by atoms with E-state index in [2.05, 4.69) is 30.3 Å². The number of ether oxygens (including phenoxy) is 2. The Hall–Kier alpha value is -4.20. The van der Waals surface area contributed by atoms with Crippen molar-refractivity contribution in [2.45, 2.75) is 44.9 Å². The van der Waals surface area contributed by atoms with E-state index >= 15 is 4.39 Å². The molecule has 0 atom stereocenters. The molecule has 1 aliphatic heterocycles. The number of halogens is 1.